The first-order chi connectivity index (χ1) is 11.0. The Bertz CT molecular complexity index is 788. The van der Waals surface area contributed by atoms with Crippen molar-refractivity contribution in [3.8, 4) is 0 Å². The van der Waals surface area contributed by atoms with Gasteiger partial charge in [-0.15, -0.1) is 0 Å². The molecule has 1 fully saturated rings. The number of nitrogens with zero attached hydrogens (tertiary/aromatic N) is 3. The second-order valence-corrected chi connectivity index (χ2v) is 8.11. The molecule has 0 amide bonds. The Morgan fingerprint density at radius 2 is 2.22 bits per heavy atom. The molecule has 1 aliphatic rings. The van der Waals surface area contributed by atoms with Crippen molar-refractivity contribution in [1.82, 2.24) is 13.9 Å². The van der Waals surface area contributed by atoms with Gasteiger partial charge in [-0.05, 0) is 38.0 Å². The normalized spacial score (nSPS) is 19.8. The van der Waals surface area contributed by atoms with Crippen LogP contribution in [0.1, 0.15) is 31.5 Å². The van der Waals surface area contributed by atoms with E-state index in [2.05, 4.69) is 16.5 Å². The van der Waals surface area contributed by atoms with Crippen LogP contribution >= 0.6 is 11.6 Å². The van der Waals surface area contributed by atoms with Crippen molar-refractivity contribution in [3.05, 3.63) is 47.5 Å². The highest BCUT2D eigenvalue weighted by atomic mass is 35.5. The molecule has 2 aromatic rings. The van der Waals surface area contributed by atoms with Crippen molar-refractivity contribution in [3.63, 3.8) is 0 Å². The predicted molar refractivity (Wildman–Crippen MR) is 90.1 cm³/mol. The summed E-state index contributed by atoms with van der Waals surface area (Å²) in [7, 11) is -3.52. The Morgan fingerprint density at radius 3 is 2.96 bits per heavy atom. The van der Waals surface area contributed by atoms with Crippen molar-refractivity contribution < 1.29 is 8.42 Å². The molecule has 0 spiro atoms. The molecule has 0 bridgehead atoms. The number of hydrogen-bond acceptors (Lipinski definition) is 3. The molecule has 1 aromatic heterocycles. The molecular weight excluding hydrogens is 334 g/mol. The third-order valence-corrected chi connectivity index (χ3v) is 6.37. The number of imidazole rings is 1. The van der Waals surface area contributed by atoms with Gasteiger partial charge in [0.05, 0.1) is 4.90 Å². The van der Waals surface area contributed by atoms with E-state index in [4.69, 9.17) is 11.6 Å². The molecule has 2 heterocycles. The Morgan fingerprint density at radius 1 is 1.39 bits per heavy atom. The molecule has 1 saturated heterocycles. The molecule has 7 heteroatoms. The van der Waals surface area contributed by atoms with Crippen LogP contribution in [-0.4, -0.2) is 35.4 Å². The maximum atomic E-state index is 12.8. The van der Waals surface area contributed by atoms with Crippen molar-refractivity contribution >= 4 is 21.6 Å². The Labute approximate surface area is 141 Å². The van der Waals surface area contributed by atoms with E-state index in [1.807, 2.05) is 6.20 Å². The fourth-order valence-electron chi connectivity index (χ4n) is 3.10. The van der Waals surface area contributed by atoms with Crippen molar-refractivity contribution in [2.75, 3.05) is 13.1 Å². The van der Waals surface area contributed by atoms with E-state index in [-0.39, 0.29) is 10.8 Å². The number of aromatic nitrogens is 2. The zero-order chi connectivity index (χ0) is 16.4. The lowest BCUT2D eigenvalue weighted by molar-refractivity contribution is 0.305. The van der Waals surface area contributed by atoms with E-state index in [0.29, 0.717) is 18.1 Å². The van der Waals surface area contributed by atoms with Crippen LogP contribution in [0.3, 0.4) is 0 Å². The monoisotopic (exact) mass is 353 g/mol. The number of sulfonamides is 1. The molecule has 1 atom stereocenters. The first kappa shape index (κ1) is 16.5. The fraction of sp³-hybridized carbons (Fsp3) is 0.438. The maximum absolute atomic E-state index is 12.8. The SMILES string of the molecule is CCn1ccnc1[C@@H]1CCCN(S(=O)(=O)c2cccc(Cl)c2)C1. The smallest absolute Gasteiger partial charge is 0.243 e. The highest BCUT2D eigenvalue weighted by Gasteiger charge is 2.32. The zero-order valence-corrected chi connectivity index (χ0v) is 14.6. The summed E-state index contributed by atoms with van der Waals surface area (Å²) in [6.07, 6.45) is 5.52. The molecule has 23 heavy (non-hydrogen) atoms. The molecule has 5 nitrogen and oxygen atoms in total. The highest BCUT2D eigenvalue weighted by molar-refractivity contribution is 7.89. The van der Waals surface area contributed by atoms with Gasteiger partial charge >= 0.3 is 0 Å². The summed E-state index contributed by atoms with van der Waals surface area (Å²) < 4.78 is 29.3. The molecule has 1 aliphatic heterocycles. The summed E-state index contributed by atoms with van der Waals surface area (Å²) in [4.78, 5) is 4.69. The molecule has 0 saturated carbocycles. The van der Waals surface area contributed by atoms with Gasteiger partial charge in [0.2, 0.25) is 10.0 Å². The maximum Gasteiger partial charge on any atom is 0.243 e. The second kappa shape index (κ2) is 6.63. The number of benzene rings is 1. The second-order valence-electron chi connectivity index (χ2n) is 5.73. The number of hydrogen-bond donors (Lipinski definition) is 0. The minimum Gasteiger partial charge on any atom is -0.335 e. The van der Waals surface area contributed by atoms with Gasteiger partial charge in [-0.1, -0.05) is 17.7 Å². The van der Waals surface area contributed by atoms with Crippen molar-refractivity contribution in [2.24, 2.45) is 0 Å². The van der Waals surface area contributed by atoms with Gasteiger partial charge < -0.3 is 4.57 Å². The first-order valence-electron chi connectivity index (χ1n) is 7.79. The summed E-state index contributed by atoms with van der Waals surface area (Å²) in [5, 5.41) is 0.432. The number of rotatable bonds is 4. The third-order valence-electron chi connectivity index (χ3n) is 4.27. The molecule has 1 aromatic carbocycles. The molecule has 0 aliphatic carbocycles. The third kappa shape index (κ3) is 3.29. The molecule has 124 valence electrons. The molecule has 3 rings (SSSR count). The van der Waals surface area contributed by atoms with Crippen LogP contribution in [0, 0.1) is 0 Å². The molecule has 0 unspecified atom stereocenters. The zero-order valence-electron chi connectivity index (χ0n) is 13.0. The van der Waals surface area contributed by atoms with E-state index in [1.54, 1.807) is 28.7 Å². The lowest BCUT2D eigenvalue weighted by atomic mass is 9.99. The minimum absolute atomic E-state index is 0.132. The van der Waals surface area contributed by atoms with Gasteiger partial charge in [0.15, 0.2) is 0 Å². The Balaban J connectivity index is 1.86. The largest absolute Gasteiger partial charge is 0.335 e. The lowest BCUT2D eigenvalue weighted by Crippen LogP contribution is -2.39. The summed E-state index contributed by atoms with van der Waals surface area (Å²) in [5.41, 5.74) is 0. The summed E-state index contributed by atoms with van der Waals surface area (Å²) in [6, 6.07) is 6.45. The summed E-state index contributed by atoms with van der Waals surface area (Å²) in [6.45, 7) is 3.91. The van der Waals surface area contributed by atoms with Crippen molar-refractivity contribution in [1.29, 1.82) is 0 Å². The van der Waals surface area contributed by atoms with Gasteiger partial charge in [-0.2, -0.15) is 4.31 Å². The fourth-order valence-corrected chi connectivity index (χ4v) is 4.92. The van der Waals surface area contributed by atoms with Gasteiger partial charge in [-0.3, -0.25) is 0 Å². The number of piperidine rings is 1. The van der Waals surface area contributed by atoms with Crippen LogP contribution in [0.15, 0.2) is 41.6 Å². The van der Waals surface area contributed by atoms with E-state index in [1.165, 1.54) is 6.07 Å². The highest BCUT2D eigenvalue weighted by Crippen LogP contribution is 2.30. The Hall–Kier alpha value is -1.37. The Kier molecular flexibility index (Phi) is 4.75. The number of aryl methyl sites for hydroxylation is 1. The van der Waals surface area contributed by atoms with Crippen LogP contribution in [0.4, 0.5) is 0 Å². The van der Waals surface area contributed by atoms with Gasteiger partial charge in [0.25, 0.3) is 0 Å². The van der Waals surface area contributed by atoms with Crippen molar-refractivity contribution in [2.45, 2.75) is 37.1 Å². The average Bonchev–Trinajstić information content (AvgIpc) is 3.03. The molecule has 0 radical (unpaired) electrons. The summed E-state index contributed by atoms with van der Waals surface area (Å²) >= 11 is 5.94. The van der Waals surface area contributed by atoms with Crippen LogP contribution in [0.5, 0.6) is 0 Å². The van der Waals surface area contributed by atoms with E-state index < -0.39 is 10.0 Å². The van der Waals surface area contributed by atoms with Crippen LogP contribution in [0.25, 0.3) is 0 Å². The quantitative estimate of drug-likeness (QED) is 0.848. The molecule has 0 N–H and O–H groups in total. The lowest BCUT2D eigenvalue weighted by Gasteiger charge is -2.31. The van der Waals surface area contributed by atoms with Crippen LogP contribution < -0.4 is 0 Å². The average molecular weight is 354 g/mol. The van der Waals surface area contributed by atoms with E-state index in [0.717, 1.165) is 25.2 Å². The minimum atomic E-state index is -3.52. The van der Waals surface area contributed by atoms with Crippen LogP contribution in [-0.2, 0) is 16.6 Å². The predicted octanol–water partition coefficient (Wildman–Crippen LogP) is 3.12. The topological polar surface area (TPSA) is 55.2 Å². The van der Waals surface area contributed by atoms with Crippen LogP contribution in [0.2, 0.25) is 5.02 Å². The first-order valence-corrected chi connectivity index (χ1v) is 9.61. The van der Waals surface area contributed by atoms with E-state index in [9.17, 15) is 8.42 Å². The number of halogens is 1. The summed E-state index contributed by atoms with van der Waals surface area (Å²) in [5.74, 6) is 1.10. The molecular formula is C16H20ClN3O2S. The van der Waals surface area contributed by atoms with Gasteiger partial charge in [0.1, 0.15) is 5.82 Å². The van der Waals surface area contributed by atoms with Gasteiger partial charge in [0, 0.05) is 43.0 Å². The van der Waals surface area contributed by atoms with E-state index >= 15 is 0 Å². The standard InChI is InChI=1S/C16H20ClN3O2S/c1-2-19-10-8-18-16(19)13-5-4-9-20(12-13)23(21,22)15-7-3-6-14(17)11-15/h3,6-8,10-11,13H,2,4-5,9,12H2,1H3/t13-/m1/s1. The van der Waals surface area contributed by atoms with Gasteiger partial charge in [-0.25, -0.2) is 13.4 Å².